The number of H-pyrrole nitrogens is 1. The lowest BCUT2D eigenvalue weighted by Gasteiger charge is -2.24. The highest BCUT2D eigenvalue weighted by Gasteiger charge is 2.25. The molecule has 1 aliphatic carbocycles. The van der Waals surface area contributed by atoms with Gasteiger partial charge in [0, 0.05) is 47.6 Å². The minimum atomic E-state index is -0.382. The predicted molar refractivity (Wildman–Crippen MR) is 122 cm³/mol. The van der Waals surface area contributed by atoms with E-state index in [9.17, 15) is 14.9 Å². The van der Waals surface area contributed by atoms with Gasteiger partial charge in [0.2, 0.25) is 5.91 Å². The van der Waals surface area contributed by atoms with Crippen molar-refractivity contribution in [2.45, 2.75) is 63.8 Å². The molecule has 1 heterocycles. The Morgan fingerprint density at radius 2 is 1.97 bits per heavy atom. The summed E-state index contributed by atoms with van der Waals surface area (Å²) in [4.78, 5) is 27.4. The van der Waals surface area contributed by atoms with E-state index in [1.807, 2.05) is 18.3 Å². The number of hydrogen-bond donors (Lipinski definition) is 2. The molecule has 2 N–H and O–H groups in total. The van der Waals surface area contributed by atoms with Gasteiger partial charge in [-0.15, -0.1) is 0 Å². The summed E-state index contributed by atoms with van der Waals surface area (Å²) >= 11 is 0. The van der Waals surface area contributed by atoms with Crippen molar-refractivity contribution in [2.24, 2.45) is 0 Å². The summed E-state index contributed by atoms with van der Waals surface area (Å²) in [6, 6.07) is 13.1. The van der Waals surface area contributed by atoms with E-state index in [-0.39, 0.29) is 34.9 Å². The maximum atomic E-state index is 13.0. The van der Waals surface area contributed by atoms with E-state index < -0.39 is 0 Å². The average molecular weight is 420 g/mol. The molecule has 0 radical (unpaired) electrons. The summed E-state index contributed by atoms with van der Waals surface area (Å²) in [5.74, 6) is -0.256. The topological polar surface area (TPSA) is 88.0 Å². The third-order valence-corrected chi connectivity index (χ3v) is 6.43. The van der Waals surface area contributed by atoms with Gasteiger partial charge >= 0.3 is 0 Å². The predicted octanol–water partition coefficient (Wildman–Crippen LogP) is 5.61. The monoisotopic (exact) mass is 419 g/mol. The number of rotatable bonds is 7. The molecule has 0 unspecified atom stereocenters. The molecular formula is C25H29N3O3. The number of aromatic amines is 1. The van der Waals surface area contributed by atoms with Crippen LogP contribution in [0.4, 0.5) is 5.69 Å². The Kier molecular flexibility index (Phi) is 6.35. The molecule has 0 aliphatic heterocycles. The highest BCUT2D eigenvalue weighted by atomic mass is 16.6. The number of nitrogens with one attached hydrogen (secondary N) is 2. The van der Waals surface area contributed by atoms with Crippen LogP contribution in [0.1, 0.15) is 68.1 Å². The van der Waals surface area contributed by atoms with Gasteiger partial charge in [0.1, 0.15) is 0 Å². The maximum Gasteiger partial charge on any atom is 0.269 e. The minimum absolute atomic E-state index is 0.00408. The van der Waals surface area contributed by atoms with Gasteiger partial charge in [-0.05, 0) is 36.0 Å². The zero-order valence-corrected chi connectivity index (χ0v) is 17.9. The molecule has 1 aromatic heterocycles. The van der Waals surface area contributed by atoms with Crippen molar-refractivity contribution < 1.29 is 9.72 Å². The first kappa shape index (κ1) is 21.1. The van der Waals surface area contributed by atoms with E-state index in [1.54, 1.807) is 12.1 Å². The molecule has 162 valence electrons. The van der Waals surface area contributed by atoms with Crippen LogP contribution in [0.5, 0.6) is 0 Å². The second-order valence-electron chi connectivity index (χ2n) is 8.45. The van der Waals surface area contributed by atoms with Gasteiger partial charge < -0.3 is 10.3 Å². The molecule has 2 aromatic carbocycles. The van der Waals surface area contributed by atoms with Gasteiger partial charge in [0.05, 0.1) is 4.92 Å². The smallest absolute Gasteiger partial charge is 0.269 e. The quantitative estimate of drug-likeness (QED) is 0.385. The fourth-order valence-electron chi connectivity index (χ4n) is 4.80. The van der Waals surface area contributed by atoms with E-state index in [1.165, 1.54) is 18.1 Å². The second kappa shape index (κ2) is 9.33. The molecule has 3 aromatic rings. The van der Waals surface area contributed by atoms with Crippen LogP contribution in [-0.2, 0) is 11.2 Å². The van der Waals surface area contributed by atoms with Crippen LogP contribution in [0.15, 0.2) is 48.7 Å². The largest absolute Gasteiger partial charge is 0.361 e. The average Bonchev–Trinajstić information content (AvgIpc) is 3.22. The van der Waals surface area contributed by atoms with Crippen LogP contribution in [0.2, 0.25) is 0 Å². The van der Waals surface area contributed by atoms with E-state index in [4.69, 9.17) is 0 Å². The first-order chi connectivity index (χ1) is 15.1. The summed E-state index contributed by atoms with van der Waals surface area (Å²) in [6.07, 6.45) is 8.73. The lowest BCUT2D eigenvalue weighted by Crippen LogP contribution is -2.36. The molecule has 6 heteroatoms. The first-order valence-electron chi connectivity index (χ1n) is 11.2. The van der Waals surface area contributed by atoms with E-state index in [2.05, 4.69) is 29.4 Å². The number of fused-ring (bicyclic) bond motifs is 1. The second-order valence-corrected chi connectivity index (χ2v) is 8.45. The molecule has 6 nitrogen and oxygen atoms in total. The standard InChI is InChI=1S/C25H29N3O3/c1-2-17-8-7-13-21-23(16-26-25(17)21)22(18-9-6-12-20(14-18)28(30)31)15-24(29)27-19-10-4-3-5-11-19/h6-9,12-14,16,19,22,26H,2-5,10-11,15H2,1H3,(H,27,29)/t22-/m0/s1. The number of amides is 1. The molecule has 1 amide bonds. The summed E-state index contributed by atoms with van der Waals surface area (Å²) in [5.41, 5.74) is 4.13. The lowest BCUT2D eigenvalue weighted by molar-refractivity contribution is -0.384. The lowest BCUT2D eigenvalue weighted by atomic mass is 9.87. The van der Waals surface area contributed by atoms with Gasteiger partial charge in [0.25, 0.3) is 5.69 Å². The zero-order chi connectivity index (χ0) is 21.8. The van der Waals surface area contributed by atoms with E-state index >= 15 is 0 Å². The third kappa shape index (κ3) is 4.63. The van der Waals surface area contributed by atoms with Gasteiger partial charge in [-0.3, -0.25) is 14.9 Å². The van der Waals surface area contributed by atoms with E-state index in [0.29, 0.717) is 0 Å². The van der Waals surface area contributed by atoms with Crippen molar-refractivity contribution in [1.82, 2.24) is 10.3 Å². The number of aromatic nitrogens is 1. The summed E-state index contributed by atoms with van der Waals surface area (Å²) in [5, 5.41) is 15.6. The number of benzene rings is 2. The van der Waals surface area contributed by atoms with Crippen LogP contribution in [0, 0.1) is 10.1 Å². The number of carbonyl (C=O) groups is 1. The molecule has 0 saturated heterocycles. The number of nitrogens with zero attached hydrogens (tertiary/aromatic N) is 1. The Morgan fingerprint density at radius 1 is 1.19 bits per heavy atom. The van der Waals surface area contributed by atoms with Gasteiger partial charge in [-0.25, -0.2) is 0 Å². The maximum absolute atomic E-state index is 13.0. The number of hydrogen-bond acceptors (Lipinski definition) is 3. The molecule has 1 aliphatic rings. The SMILES string of the molecule is CCc1cccc2c([C@@H](CC(=O)NC3CCCCC3)c3cccc([N+](=O)[O-])c3)c[nH]c12. The molecule has 1 saturated carbocycles. The summed E-state index contributed by atoms with van der Waals surface area (Å²) in [6.45, 7) is 2.12. The number of nitro groups is 1. The van der Waals surface area contributed by atoms with Crippen molar-refractivity contribution in [1.29, 1.82) is 0 Å². The Hall–Kier alpha value is -3.15. The number of aryl methyl sites for hydroxylation is 1. The van der Waals surface area contributed by atoms with Gasteiger partial charge in [-0.2, -0.15) is 0 Å². The highest BCUT2D eigenvalue weighted by Crippen LogP contribution is 2.36. The Morgan fingerprint density at radius 3 is 2.71 bits per heavy atom. The molecule has 31 heavy (non-hydrogen) atoms. The number of non-ortho nitro benzene ring substituents is 1. The van der Waals surface area contributed by atoms with Crippen LogP contribution >= 0.6 is 0 Å². The van der Waals surface area contributed by atoms with Crippen molar-refractivity contribution in [2.75, 3.05) is 0 Å². The number of para-hydroxylation sites is 1. The molecule has 0 bridgehead atoms. The first-order valence-corrected chi connectivity index (χ1v) is 11.2. The Bertz CT molecular complexity index is 1080. The van der Waals surface area contributed by atoms with E-state index in [0.717, 1.165) is 54.1 Å². The van der Waals surface area contributed by atoms with Gasteiger partial charge in [-0.1, -0.05) is 56.5 Å². The van der Waals surface area contributed by atoms with Crippen LogP contribution in [0.3, 0.4) is 0 Å². The number of carbonyl (C=O) groups excluding carboxylic acids is 1. The zero-order valence-electron chi connectivity index (χ0n) is 17.9. The molecule has 0 spiro atoms. The normalized spacial score (nSPS) is 15.6. The van der Waals surface area contributed by atoms with Crippen LogP contribution in [0.25, 0.3) is 10.9 Å². The van der Waals surface area contributed by atoms with Crippen molar-refractivity contribution in [3.63, 3.8) is 0 Å². The van der Waals surface area contributed by atoms with Crippen LogP contribution in [-0.4, -0.2) is 21.9 Å². The minimum Gasteiger partial charge on any atom is -0.361 e. The third-order valence-electron chi connectivity index (χ3n) is 6.43. The fraction of sp³-hybridized carbons (Fsp3) is 0.400. The summed E-state index contributed by atoms with van der Waals surface area (Å²) in [7, 11) is 0. The Balaban J connectivity index is 1.70. The Labute approximate surface area is 182 Å². The summed E-state index contributed by atoms with van der Waals surface area (Å²) < 4.78 is 0. The van der Waals surface area contributed by atoms with Crippen molar-refractivity contribution >= 4 is 22.5 Å². The number of nitro benzene ring substituents is 1. The highest BCUT2D eigenvalue weighted by molar-refractivity contribution is 5.88. The van der Waals surface area contributed by atoms with Crippen molar-refractivity contribution in [3.05, 3.63) is 75.5 Å². The van der Waals surface area contributed by atoms with Gasteiger partial charge in [0.15, 0.2) is 0 Å². The molecule has 1 atom stereocenters. The molecule has 4 rings (SSSR count). The fourth-order valence-corrected chi connectivity index (χ4v) is 4.80. The van der Waals surface area contributed by atoms with Crippen LogP contribution < -0.4 is 5.32 Å². The van der Waals surface area contributed by atoms with Crippen molar-refractivity contribution in [3.8, 4) is 0 Å². The molecular weight excluding hydrogens is 390 g/mol. The molecule has 1 fully saturated rings.